The van der Waals surface area contributed by atoms with Crippen LogP contribution < -0.4 is 16.0 Å². The molecule has 0 spiro atoms. The van der Waals surface area contributed by atoms with Gasteiger partial charge in [0.25, 0.3) is 0 Å². The number of alkyl carbamates (subject to hydrolysis) is 1. The van der Waals surface area contributed by atoms with Crippen molar-refractivity contribution in [1.29, 1.82) is 0 Å². The van der Waals surface area contributed by atoms with Gasteiger partial charge in [0.05, 0.1) is 19.5 Å². The van der Waals surface area contributed by atoms with Crippen molar-refractivity contribution in [3.8, 4) is 0 Å². The molecule has 0 radical (unpaired) electrons. The Labute approximate surface area is 184 Å². The number of nitrogen functional groups attached to an aromatic ring is 1. The summed E-state index contributed by atoms with van der Waals surface area (Å²) in [6.07, 6.45) is 2.41. The van der Waals surface area contributed by atoms with Crippen molar-refractivity contribution in [2.24, 2.45) is 0 Å². The first kappa shape index (κ1) is 22.5. The van der Waals surface area contributed by atoms with E-state index in [0.29, 0.717) is 41.5 Å². The van der Waals surface area contributed by atoms with Crippen LogP contribution in [0.3, 0.4) is 0 Å². The van der Waals surface area contributed by atoms with Gasteiger partial charge in [-0.2, -0.15) is 9.97 Å². The quantitative estimate of drug-likeness (QED) is 0.507. The number of hydrogen-bond acceptors (Lipinski definition) is 7. The van der Waals surface area contributed by atoms with Crippen molar-refractivity contribution in [2.75, 3.05) is 31.3 Å². The first-order chi connectivity index (χ1) is 14.8. The van der Waals surface area contributed by atoms with Gasteiger partial charge in [-0.1, -0.05) is 17.7 Å². The highest BCUT2D eigenvalue weighted by Gasteiger charge is 2.13. The Morgan fingerprint density at radius 3 is 2.84 bits per heavy atom. The number of aromatic nitrogens is 4. The van der Waals surface area contributed by atoms with E-state index in [9.17, 15) is 9.18 Å². The Kier molecular flexibility index (Phi) is 7.11. The van der Waals surface area contributed by atoms with E-state index >= 15 is 0 Å². The SMILES string of the molecule is Cc1ccc(Cl)c(CNC(=O)OCCCCn2cnc3c(N)nc(N(C)C)nc32)c1F. The second-order valence-corrected chi connectivity index (χ2v) is 7.67. The maximum absolute atomic E-state index is 14.1. The summed E-state index contributed by atoms with van der Waals surface area (Å²) in [6.45, 7) is 2.46. The molecule has 11 heteroatoms. The fourth-order valence-corrected chi connectivity index (χ4v) is 3.17. The molecule has 3 rings (SSSR count). The van der Waals surface area contributed by atoms with Gasteiger partial charge in [0, 0.05) is 31.2 Å². The van der Waals surface area contributed by atoms with Crippen LogP contribution in [0.25, 0.3) is 11.2 Å². The smallest absolute Gasteiger partial charge is 0.407 e. The van der Waals surface area contributed by atoms with Crippen LogP contribution >= 0.6 is 11.6 Å². The lowest BCUT2D eigenvalue weighted by molar-refractivity contribution is 0.143. The third-order valence-corrected chi connectivity index (χ3v) is 5.05. The maximum Gasteiger partial charge on any atom is 0.407 e. The van der Waals surface area contributed by atoms with Crippen LogP contribution in [0.4, 0.5) is 21.0 Å². The molecule has 1 amide bonds. The van der Waals surface area contributed by atoms with E-state index in [1.165, 1.54) is 0 Å². The molecule has 0 aliphatic carbocycles. The van der Waals surface area contributed by atoms with E-state index in [0.717, 1.165) is 6.42 Å². The van der Waals surface area contributed by atoms with E-state index in [-0.39, 0.29) is 23.7 Å². The summed E-state index contributed by atoms with van der Waals surface area (Å²) in [7, 11) is 3.68. The zero-order valence-corrected chi connectivity index (χ0v) is 18.4. The monoisotopic (exact) mass is 449 g/mol. The lowest BCUT2D eigenvalue weighted by atomic mass is 10.1. The second kappa shape index (κ2) is 9.78. The van der Waals surface area contributed by atoms with Gasteiger partial charge in [-0.25, -0.2) is 14.2 Å². The minimum absolute atomic E-state index is 0.0401. The molecule has 2 heterocycles. The molecule has 31 heavy (non-hydrogen) atoms. The first-order valence-corrected chi connectivity index (χ1v) is 10.2. The number of hydrogen-bond donors (Lipinski definition) is 2. The van der Waals surface area contributed by atoms with Gasteiger partial charge in [-0.05, 0) is 31.4 Å². The van der Waals surface area contributed by atoms with Crippen LogP contribution in [0, 0.1) is 12.7 Å². The number of carbonyl (C=O) groups is 1. The normalized spacial score (nSPS) is 11.0. The number of fused-ring (bicyclic) bond motifs is 1. The number of anilines is 2. The van der Waals surface area contributed by atoms with Crippen molar-refractivity contribution in [3.05, 3.63) is 40.4 Å². The van der Waals surface area contributed by atoms with Gasteiger partial charge < -0.3 is 25.3 Å². The third-order valence-electron chi connectivity index (χ3n) is 4.69. The second-order valence-electron chi connectivity index (χ2n) is 7.27. The number of ether oxygens (including phenoxy) is 1. The number of halogens is 2. The van der Waals surface area contributed by atoms with Crippen molar-refractivity contribution < 1.29 is 13.9 Å². The summed E-state index contributed by atoms with van der Waals surface area (Å²) in [5.74, 6) is 0.414. The summed E-state index contributed by atoms with van der Waals surface area (Å²) in [5.41, 5.74) is 7.89. The van der Waals surface area contributed by atoms with Crippen LogP contribution in [0.5, 0.6) is 0 Å². The number of nitrogens with two attached hydrogens (primary N) is 1. The van der Waals surface area contributed by atoms with E-state index in [1.54, 1.807) is 30.3 Å². The molecule has 0 atom stereocenters. The predicted molar refractivity (Wildman–Crippen MR) is 118 cm³/mol. The fraction of sp³-hybridized carbons (Fsp3) is 0.400. The minimum Gasteiger partial charge on any atom is -0.450 e. The number of imidazole rings is 1. The van der Waals surface area contributed by atoms with Gasteiger partial charge in [0.1, 0.15) is 11.3 Å². The zero-order valence-electron chi connectivity index (χ0n) is 17.7. The molecule has 2 aromatic heterocycles. The largest absolute Gasteiger partial charge is 0.450 e. The standard InChI is InChI=1S/C20H25ClFN7O2/c1-12-6-7-14(21)13(15(12)22)10-24-20(30)31-9-5-4-8-29-11-25-16-17(23)26-19(28(2)3)27-18(16)29/h6-7,11H,4-5,8-10H2,1-3H3,(H,24,30)(H2,23,26,27). The maximum atomic E-state index is 14.1. The molecule has 166 valence electrons. The van der Waals surface area contributed by atoms with Crippen LogP contribution in [0.2, 0.25) is 5.02 Å². The Hall–Kier alpha value is -3.14. The average Bonchev–Trinajstić information content (AvgIpc) is 3.14. The molecule has 3 aromatic rings. The molecular weight excluding hydrogens is 425 g/mol. The molecule has 0 fully saturated rings. The number of nitrogens with one attached hydrogen (secondary N) is 1. The van der Waals surface area contributed by atoms with Crippen LogP contribution in [-0.2, 0) is 17.8 Å². The van der Waals surface area contributed by atoms with Crippen molar-refractivity contribution >= 4 is 40.6 Å². The van der Waals surface area contributed by atoms with E-state index in [1.807, 2.05) is 18.7 Å². The average molecular weight is 450 g/mol. The summed E-state index contributed by atoms with van der Waals surface area (Å²) < 4.78 is 21.2. The summed E-state index contributed by atoms with van der Waals surface area (Å²) in [5, 5.41) is 2.79. The number of rotatable bonds is 8. The van der Waals surface area contributed by atoms with Gasteiger partial charge in [-0.15, -0.1) is 0 Å². The zero-order chi connectivity index (χ0) is 22.5. The van der Waals surface area contributed by atoms with E-state index in [4.69, 9.17) is 22.1 Å². The van der Waals surface area contributed by atoms with Gasteiger partial charge >= 0.3 is 6.09 Å². The third kappa shape index (κ3) is 5.32. The molecule has 9 nitrogen and oxygen atoms in total. The minimum atomic E-state index is -0.624. The van der Waals surface area contributed by atoms with Crippen molar-refractivity contribution in [1.82, 2.24) is 24.8 Å². The lowest BCUT2D eigenvalue weighted by Gasteiger charge is -2.11. The summed E-state index contributed by atoms with van der Waals surface area (Å²) in [4.78, 5) is 26.6. The van der Waals surface area contributed by atoms with Crippen molar-refractivity contribution in [3.63, 3.8) is 0 Å². The molecular formula is C20H25ClFN7O2. The number of carbonyl (C=O) groups excluding carboxylic acids is 1. The Morgan fingerprint density at radius 2 is 2.10 bits per heavy atom. The predicted octanol–water partition coefficient (Wildman–Crippen LogP) is 3.28. The molecule has 0 aliphatic heterocycles. The van der Waals surface area contributed by atoms with Crippen molar-refractivity contribution in [2.45, 2.75) is 32.9 Å². The molecule has 0 saturated carbocycles. The molecule has 0 saturated heterocycles. The fourth-order valence-electron chi connectivity index (χ4n) is 2.96. The van der Waals surface area contributed by atoms with E-state index in [2.05, 4.69) is 20.3 Å². The van der Waals surface area contributed by atoms with Gasteiger partial charge in [0.2, 0.25) is 5.95 Å². The number of unbranched alkanes of at least 4 members (excludes halogenated alkanes) is 1. The summed E-state index contributed by atoms with van der Waals surface area (Å²) >= 11 is 6.00. The highest BCUT2D eigenvalue weighted by molar-refractivity contribution is 6.31. The molecule has 1 aromatic carbocycles. The summed E-state index contributed by atoms with van der Waals surface area (Å²) in [6, 6.07) is 3.19. The topological polar surface area (TPSA) is 111 Å². The Bertz CT molecular complexity index is 1090. The first-order valence-electron chi connectivity index (χ1n) is 9.77. The molecule has 0 bridgehead atoms. The highest BCUT2D eigenvalue weighted by Crippen LogP contribution is 2.22. The van der Waals surface area contributed by atoms with E-state index < -0.39 is 11.9 Å². The number of nitrogens with zero attached hydrogens (tertiary/aromatic N) is 5. The molecule has 0 unspecified atom stereocenters. The molecule has 3 N–H and O–H groups in total. The van der Waals surface area contributed by atoms with Crippen LogP contribution in [0.1, 0.15) is 24.0 Å². The van der Waals surface area contributed by atoms with Crippen LogP contribution in [0.15, 0.2) is 18.5 Å². The molecule has 0 aliphatic rings. The number of benzene rings is 1. The van der Waals surface area contributed by atoms with Gasteiger partial charge in [-0.3, -0.25) is 0 Å². The highest BCUT2D eigenvalue weighted by atomic mass is 35.5. The Balaban J connectivity index is 1.45. The van der Waals surface area contributed by atoms with Crippen LogP contribution in [-0.4, -0.2) is 46.3 Å². The number of aryl methyl sites for hydroxylation is 2. The Morgan fingerprint density at radius 1 is 1.32 bits per heavy atom. The lowest BCUT2D eigenvalue weighted by Crippen LogP contribution is -2.25. The number of amides is 1. The van der Waals surface area contributed by atoms with Gasteiger partial charge in [0.15, 0.2) is 11.5 Å².